The highest BCUT2D eigenvalue weighted by Crippen LogP contribution is 2.30. The second-order valence-corrected chi connectivity index (χ2v) is 20.4. The fourth-order valence-corrected chi connectivity index (χ4v) is 8.34. The Balaban J connectivity index is 0.000000260. The molecule has 8 aromatic rings. The van der Waals surface area contributed by atoms with Gasteiger partial charge in [-0.15, -0.1) is 0 Å². The first-order chi connectivity index (χ1) is 38.4. The summed E-state index contributed by atoms with van der Waals surface area (Å²) in [5.41, 5.74) is 19.0. The van der Waals surface area contributed by atoms with Crippen molar-refractivity contribution in [2.45, 2.75) is 47.2 Å². The number of carbonyl (C=O) groups is 2. The molecule has 408 valence electrons. The molecule has 0 atom stereocenters. The molecule has 0 amide bonds. The summed E-state index contributed by atoms with van der Waals surface area (Å²) in [4.78, 5) is 48.5. The number of hydrogen-bond acceptors (Lipinski definition) is 10. The van der Waals surface area contributed by atoms with Crippen LogP contribution in [0.3, 0.4) is 0 Å². The molecule has 0 saturated heterocycles. The average Bonchev–Trinajstić information content (AvgIpc) is 3.49. The van der Waals surface area contributed by atoms with Gasteiger partial charge in [0, 0.05) is 37.1 Å². The van der Waals surface area contributed by atoms with Crippen molar-refractivity contribution in [1.29, 1.82) is 0 Å². The van der Waals surface area contributed by atoms with E-state index in [0.717, 1.165) is 42.0 Å². The molecule has 0 bridgehead atoms. The monoisotopic (exact) mass is 1150 g/mol. The number of benzene rings is 8. The molecule has 0 fully saturated rings. The first kappa shape index (κ1) is 66.0. The van der Waals surface area contributed by atoms with Crippen LogP contribution in [-0.4, -0.2) is 58.8 Å². The van der Waals surface area contributed by atoms with Crippen molar-refractivity contribution in [3.63, 3.8) is 0 Å². The van der Waals surface area contributed by atoms with Gasteiger partial charge in [-0.2, -0.15) is 4.20 Å². The van der Waals surface area contributed by atoms with Crippen molar-refractivity contribution >= 4 is 87.9 Å². The van der Waals surface area contributed by atoms with Gasteiger partial charge in [0.05, 0.1) is 20.1 Å². The SMILES string of the molecule is CC(=O)OC(=O)C(Cl)(Cl)Cl.C[NH3+].NCC(c1ccccc1)c1ccccc1.O=C=NCC(c1ccccc1)c1ccccc1.O=C=NCC(c1ccccc1)c1ccccc1.S=C([S-])CCC(c1ccccc1)c1ccccc1. The van der Waals surface area contributed by atoms with E-state index in [1.165, 1.54) is 22.3 Å². The molecule has 0 aliphatic carbocycles. The molecule has 14 heteroatoms. The molecule has 0 aliphatic rings. The summed E-state index contributed by atoms with van der Waals surface area (Å²) in [6.45, 7) is 2.57. The Labute approximate surface area is 491 Å². The van der Waals surface area contributed by atoms with Crippen LogP contribution in [0.1, 0.15) is 87.9 Å². The number of nitrogens with zero attached hydrogens (tertiary/aromatic N) is 2. The van der Waals surface area contributed by atoms with Crippen LogP contribution in [0.15, 0.2) is 253 Å². The third-order valence-corrected chi connectivity index (χ3v) is 12.5. The van der Waals surface area contributed by atoms with Gasteiger partial charge in [0.1, 0.15) is 0 Å². The number of quaternary nitrogens is 1. The van der Waals surface area contributed by atoms with Gasteiger partial charge in [-0.05, 0) is 57.3 Å². The maximum atomic E-state index is 10.4. The number of nitrogens with two attached hydrogens (primary N) is 1. The van der Waals surface area contributed by atoms with Crippen LogP contribution in [0.2, 0.25) is 0 Å². The van der Waals surface area contributed by atoms with Crippen LogP contribution in [0, 0.1) is 0 Å². The highest BCUT2D eigenvalue weighted by Gasteiger charge is 2.33. The normalized spacial score (nSPS) is 10.1. The van der Waals surface area contributed by atoms with Crippen LogP contribution >= 0.6 is 47.0 Å². The van der Waals surface area contributed by atoms with Gasteiger partial charge in [0.25, 0.3) is 3.79 Å². The number of ether oxygens (including phenoxy) is 1. The van der Waals surface area contributed by atoms with Gasteiger partial charge in [-0.25, -0.2) is 24.4 Å². The third kappa shape index (κ3) is 25.9. The topological polar surface area (TPSA) is 156 Å². The van der Waals surface area contributed by atoms with Crippen LogP contribution in [0.4, 0.5) is 0 Å². The number of hydrogen-bond donors (Lipinski definition) is 2. The number of halogens is 3. The summed E-state index contributed by atoms with van der Waals surface area (Å²) in [5, 5.41) is 0. The van der Waals surface area contributed by atoms with E-state index in [4.69, 9.17) is 65.4 Å². The highest BCUT2D eigenvalue weighted by molar-refractivity contribution is 8.00. The number of isocyanates is 2. The molecule has 8 rings (SSSR count). The number of esters is 2. The zero-order chi connectivity index (χ0) is 57.5. The smallest absolute Gasteiger partial charge is 0.366 e. The highest BCUT2D eigenvalue weighted by atomic mass is 35.6. The number of alkyl halides is 3. The quantitative estimate of drug-likeness (QED) is 0.0184. The predicted molar refractivity (Wildman–Crippen MR) is 329 cm³/mol. The van der Waals surface area contributed by atoms with E-state index >= 15 is 0 Å². The molecular formula is C65H65Cl3N4O5S2. The van der Waals surface area contributed by atoms with Crippen LogP contribution < -0.4 is 11.5 Å². The lowest BCUT2D eigenvalue weighted by Gasteiger charge is -2.19. The summed E-state index contributed by atoms with van der Waals surface area (Å²) in [6, 6.07) is 82.2. The minimum absolute atomic E-state index is 0.124. The summed E-state index contributed by atoms with van der Waals surface area (Å²) < 4.78 is 2.44. The van der Waals surface area contributed by atoms with E-state index < -0.39 is 15.7 Å². The van der Waals surface area contributed by atoms with Crippen molar-refractivity contribution in [3.05, 3.63) is 287 Å². The van der Waals surface area contributed by atoms with E-state index in [1.807, 2.05) is 97.1 Å². The van der Waals surface area contributed by atoms with Gasteiger partial charge < -0.3 is 41.1 Å². The van der Waals surface area contributed by atoms with Crippen molar-refractivity contribution in [1.82, 2.24) is 0 Å². The molecule has 0 aliphatic heterocycles. The minimum atomic E-state index is -2.17. The average molecular weight is 1150 g/mol. The van der Waals surface area contributed by atoms with E-state index in [0.29, 0.717) is 35.7 Å². The lowest BCUT2D eigenvalue weighted by atomic mass is 9.88. The summed E-state index contributed by atoms with van der Waals surface area (Å²) >= 11 is 25.2. The lowest BCUT2D eigenvalue weighted by Crippen LogP contribution is -2.40. The molecular weight excluding hydrogens is 1090 g/mol. The van der Waals surface area contributed by atoms with Gasteiger partial charge in [0.15, 0.2) is 0 Å². The van der Waals surface area contributed by atoms with E-state index in [-0.39, 0.29) is 11.8 Å². The zero-order valence-corrected chi connectivity index (χ0v) is 48.0. The molecule has 0 heterocycles. The van der Waals surface area contributed by atoms with Crippen LogP contribution in [-0.2, 0) is 36.5 Å². The van der Waals surface area contributed by atoms with Gasteiger partial charge in [-0.1, -0.05) is 277 Å². The molecule has 0 aromatic heterocycles. The second-order valence-electron chi connectivity index (χ2n) is 16.9. The Bertz CT molecular complexity index is 2760. The third-order valence-electron chi connectivity index (χ3n) is 11.6. The van der Waals surface area contributed by atoms with Gasteiger partial charge in [0.2, 0.25) is 12.2 Å². The Hall–Kier alpha value is -7.24. The number of aliphatic imine (C=N–C) groups is 2. The van der Waals surface area contributed by atoms with Gasteiger partial charge >= 0.3 is 11.9 Å². The number of carbonyl (C=O) groups excluding carboxylic acids is 4. The van der Waals surface area contributed by atoms with Crippen molar-refractivity contribution in [3.8, 4) is 0 Å². The molecule has 79 heavy (non-hydrogen) atoms. The Kier molecular flexibility index (Phi) is 32.7. The molecule has 8 aromatic carbocycles. The molecule has 9 nitrogen and oxygen atoms in total. The van der Waals surface area contributed by atoms with Crippen molar-refractivity contribution in [2.24, 2.45) is 15.7 Å². The molecule has 0 radical (unpaired) electrons. The fraction of sp³-hybridized carbons (Fsp3) is 0.185. The molecule has 0 saturated carbocycles. The molecule has 0 unspecified atom stereocenters. The first-order valence-electron chi connectivity index (χ1n) is 25.2. The Morgan fingerprint density at radius 2 is 0.722 bits per heavy atom. The van der Waals surface area contributed by atoms with E-state index in [9.17, 15) is 19.2 Å². The fourth-order valence-electron chi connectivity index (χ4n) is 7.99. The van der Waals surface area contributed by atoms with Crippen molar-refractivity contribution in [2.75, 3.05) is 26.7 Å². The summed E-state index contributed by atoms with van der Waals surface area (Å²) in [6.07, 6.45) is 5.03. The van der Waals surface area contributed by atoms with Crippen molar-refractivity contribution < 1.29 is 29.6 Å². The standard InChI is InChI=1S/C16H16S2.2C15H13NO.C14H15N.C4H3Cl3O3.CH5N/c17-16(18)12-11-15(13-7-3-1-4-8-13)14-9-5-2-6-10-14;2*17-12-16-11-15(13-7-3-1-4-8-13)14-9-5-2-6-10-14;15-11-14(12-7-3-1-4-8-12)13-9-5-2-6-10-13;1-2(8)10-3(9)4(5,6)7;1-2/h1-10,15H,11-12H2,(H,17,18);2*1-10,15H,11H2;1-10,14H,11,15H2;1H3;2H2,1H3. The zero-order valence-electron chi connectivity index (χ0n) is 44.1. The maximum absolute atomic E-state index is 10.4. The van der Waals surface area contributed by atoms with Crippen LogP contribution in [0.25, 0.3) is 0 Å². The van der Waals surface area contributed by atoms with E-state index in [2.05, 4.69) is 166 Å². The first-order valence-corrected chi connectivity index (χ1v) is 27.2. The maximum Gasteiger partial charge on any atom is 0.366 e. The van der Waals surface area contributed by atoms with Gasteiger partial charge in [-0.3, -0.25) is 4.79 Å². The summed E-state index contributed by atoms with van der Waals surface area (Å²) in [7, 11) is 1.75. The molecule has 0 spiro atoms. The van der Waals surface area contributed by atoms with E-state index in [1.54, 1.807) is 19.2 Å². The predicted octanol–water partition coefficient (Wildman–Crippen LogP) is 13.9. The minimum Gasteiger partial charge on any atom is -0.433 e. The van der Waals surface area contributed by atoms with Crippen LogP contribution in [0.5, 0.6) is 0 Å². The largest absolute Gasteiger partial charge is 0.433 e. The Morgan fingerprint density at radius 1 is 0.494 bits per heavy atom. The second kappa shape index (κ2) is 39.2. The number of thiocarbonyl (C=S) groups is 1. The summed E-state index contributed by atoms with van der Waals surface area (Å²) in [5.74, 6) is -1.06. The lowest BCUT2D eigenvalue weighted by molar-refractivity contribution is -0.325. The Morgan fingerprint density at radius 3 is 0.899 bits per heavy atom. The number of rotatable bonds is 16. The molecule has 5 N–H and O–H groups in total.